The summed E-state index contributed by atoms with van der Waals surface area (Å²) in [7, 11) is 1.49. The number of aliphatic imine (C=N–C) groups is 1. The van der Waals surface area contributed by atoms with Crippen LogP contribution in [0.1, 0.15) is 17.3 Å². The predicted octanol–water partition coefficient (Wildman–Crippen LogP) is 1.89. The number of carbonyl (C=O) groups excluding carboxylic acids is 2. The molecule has 0 saturated heterocycles. The third-order valence-corrected chi connectivity index (χ3v) is 5.19. The van der Waals surface area contributed by atoms with Gasteiger partial charge in [-0.15, -0.1) is 0 Å². The van der Waals surface area contributed by atoms with Gasteiger partial charge in [-0.1, -0.05) is 30.4 Å². The molecule has 3 N–H and O–H groups in total. The summed E-state index contributed by atoms with van der Waals surface area (Å²) in [6.45, 7) is 1.42. The number of nitrogens with zero attached hydrogens (tertiary/aromatic N) is 3. The summed E-state index contributed by atoms with van der Waals surface area (Å²) in [5, 5.41) is 25.2. The molecule has 2 aliphatic rings. The molecular formula is C22H18N4O5. The fourth-order valence-corrected chi connectivity index (χ4v) is 3.58. The van der Waals surface area contributed by atoms with E-state index < -0.39 is 34.6 Å². The lowest BCUT2D eigenvalue weighted by Crippen LogP contribution is -2.32. The monoisotopic (exact) mass is 418 g/mol. The van der Waals surface area contributed by atoms with Crippen LogP contribution in [0.25, 0.3) is 10.9 Å². The molecule has 1 atom stereocenters. The maximum atomic E-state index is 12.7. The van der Waals surface area contributed by atoms with Crippen molar-refractivity contribution >= 4 is 34.1 Å². The van der Waals surface area contributed by atoms with Crippen molar-refractivity contribution in [1.82, 2.24) is 9.99 Å². The Balaban J connectivity index is 1.68. The van der Waals surface area contributed by atoms with Crippen LogP contribution in [-0.2, 0) is 11.8 Å². The lowest BCUT2D eigenvalue weighted by Gasteiger charge is -2.21. The summed E-state index contributed by atoms with van der Waals surface area (Å²) in [5.41, 5.74) is 1.75. The summed E-state index contributed by atoms with van der Waals surface area (Å²) in [5.74, 6) is -2.90. The van der Waals surface area contributed by atoms with Crippen molar-refractivity contribution in [2.75, 3.05) is 0 Å². The smallest absolute Gasteiger partial charge is 0.282 e. The minimum absolute atomic E-state index is 0.0127. The van der Waals surface area contributed by atoms with Crippen LogP contribution >= 0.6 is 0 Å². The Morgan fingerprint density at radius 1 is 1.19 bits per heavy atom. The number of hydrogen-bond acceptors (Lipinski definition) is 6. The number of carbonyl (C=O) groups is 2. The Morgan fingerprint density at radius 3 is 2.71 bits per heavy atom. The van der Waals surface area contributed by atoms with Crippen LogP contribution < -0.4 is 11.0 Å². The van der Waals surface area contributed by atoms with E-state index in [0.717, 1.165) is 0 Å². The van der Waals surface area contributed by atoms with Gasteiger partial charge >= 0.3 is 0 Å². The van der Waals surface area contributed by atoms with E-state index in [0.29, 0.717) is 16.6 Å². The van der Waals surface area contributed by atoms with Gasteiger partial charge in [0.15, 0.2) is 0 Å². The molecule has 1 aliphatic heterocycles. The van der Waals surface area contributed by atoms with Gasteiger partial charge in [-0.2, -0.15) is 5.10 Å². The van der Waals surface area contributed by atoms with E-state index in [1.165, 1.54) is 18.5 Å². The minimum atomic E-state index is -0.948. The number of para-hydroxylation sites is 1. The molecule has 156 valence electrons. The topological polar surface area (TPSA) is 133 Å². The van der Waals surface area contributed by atoms with Gasteiger partial charge < -0.3 is 14.8 Å². The van der Waals surface area contributed by atoms with E-state index in [4.69, 9.17) is 0 Å². The second kappa shape index (κ2) is 7.52. The van der Waals surface area contributed by atoms with Crippen LogP contribution in [0.5, 0.6) is 5.75 Å². The number of aliphatic hydroxyl groups excluding tert-OH is 1. The van der Waals surface area contributed by atoms with Crippen molar-refractivity contribution < 1.29 is 19.8 Å². The molecule has 0 spiro atoms. The highest BCUT2D eigenvalue weighted by molar-refractivity contribution is 6.27. The normalized spacial score (nSPS) is 18.3. The minimum Gasteiger partial charge on any atom is -0.510 e. The highest BCUT2D eigenvalue weighted by Crippen LogP contribution is 2.27. The predicted molar refractivity (Wildman–Crippen MR) is 115 cm³/mol. The molecule has 1 aromatic carbocycles. The van der Waals surface area contributed by atoms with Crippen LogP contribution in [0.3, 0.4) is 0 Å². The van der Waals surface area contributed by atoms with Gasteiger partial charge in [0.05, 0.1) is 22.9 Å². The number of aromatic hydroxyl groups is 1. The third-order valence-electron chi connectivity index (χ3n) is 5.19. The van der Waals surface area contributed by atoms with Gasteiger partial charge in [-0.25, -0.2) is 10.4 Å². The Hall–Kier alpha value is -4.27. The van der Waals surface area contributed by atoms with E-state index in [-0.39, 0.29) is 17.0 Å². The van der Waals surface area contributed by atoms with Crippen molar-refractivity contribution in [3.05, 3.63) is 75.8 Å². The van der Waals surface area contributed by atoms with Crippen LogP contribution in [0, 0.1) is 5.92 Å². The van der Waals surface area contributed by atoms with Crippen LogP contribution in [0.15, 0.2) is 74.8 Å². The molecule has 2 amide bonds. The molecule has 1 unspecified atom stereocenters. The van der Waals surface area contributed by atoms with E-state index >= 15 is 0 Å². The standard InChI is InChI=1S/C22H18N4O5/c1-11(16-18(27)12-7-3-5-9-14(12)23-20(16)29)24-25-21(30)17-19(28)13-8-4-6-10-15(13)26(2)22(17)31/h3-10,12,27-28H,1-2H3,(H,25,30)/b24-11-. The highest BCUT2D eigenvalue weighted by atomic mass is 16.3. The van der Waals surface area contributed by atoms with E-state index in [9.17, 15) is 24.6 Å². The average Bonchev–Trinajstić information content (AvgIpc) is 2.76. The lowest BCUT2D eigenvalue weighted by molar-refractivity contribution is -0.114. The molecule has 2 heterocycles. The van der Waals surface area contributed by atoms with Crippen LogP contribution in [0.2, 0.25) is 0 Å². The molecule has 0 fully saturated rings. The van der Waals surface area contributed by atoms with Crippen molar-refractivity contribution in [3.8, 4) is 5.75 Å². The Bertz CT molecular complexity index is 1360. The van der Waals surface area contributed by atoms with E-state index in [2.05, 4.69) is 15.5 Å². The van der Waals surface area contributed by atoms with Gasteiger partial charge in [0, 0.05) is 12.4 Å². The summed E-state index contributed by atoms with van der Waals surface area (Å²) < 4.78 is 1.25. The maximum Gasteiger partial charge on any atom is 0.282 e. The van der Waals surface area contributed by atoms with Crippen molar-refractivity contribution in [2.24, 2.45) is 23.1 Å². The van der Waals surface area contributed by atoms with E-state index in [1.54, 1.807) is 48.6 Å². The summed E-state index contributed by atoms with van der Waals surface area (Å²) in [6, 6.07) is 6.61. The van der Waals surface area contributed by atoms with Gasteiger partial charge in [0.2, 0.25) is 0 Å². The molecule has 4 rings (SSSR count). The second-order valence-corrected chi connectivity index (χ2v) is 7.07. The Morgan fingerprint density at radius 2 is 1.94 bits per heavy atom. The first-order valence-corrected chi connectivity index (χ1v) is 9.38. The van der Waals surface area contributed by atoms with Crippen molar-refractivity contribution in [2.45, 2.75) is 6.92 Å². The molecule has 31 heavy (non-hydrogen) atoms. The van der Waals surface area contributed by atoms with Gasteiger partial charge in [0.25, 0.3) is 17.4 Å². The molecule has 0 saturated carbocycles. The lowest BCUT2D eigenvalue weighted by atomic mass is 9.89. The number of aryl methyl sites for hydroxylation is 1. The molecule has 0 radical (unpaired) electrons. The molecule has 9 heteroatoms. The third kappa shape index (κ3) is 3.25. The molecule has 1 aromatic heterocycles. The summed E-state index contributed by atoms with van der Waals surface area (Å²) >= 11 is 0. The SMILES string of the molecule is C/C(=N/NC(=O)c1c(O)c2ccccc2n(C)c1=O)C1=C(O)C2C=CC=CC2=NC1=O. The Kier molecular flexibility index (Phi) is 4.86. The number of dihydropyridines is 1. The second-order valence-electron chi connectivity index (χ2n) is 7.07. The van der Waals surface area contributed by atoms with Crippen molar-refractivity contribution in [3.63, 3.8) is 0 Å². The number of hydrogen-bond donors (Lipinski definition) is 3. The molecular weight excluding hydrogens is 400 g/mol. The largest absolute Gasteiger partial charge is 0.510 e. The number of pyridine rings is 1. The summed E-state index contributed by atoms with van der Waals surface area (Å²) in [4.78, 5) is 41.6. The first-order chi connectivity index (χ1) is 14.8. The van der Waals surface area contributed by atoms with Gasteiger partial charge in [0.1, 0.15) is 22.6 Å². The van der Waals surface area contributed by atoms with Gasteiger partial charge in [-0.05, 0) is 25.1 Å². The maximum absolute atomic E-state index is 12.7. The number of amides is 2. The fraction of sp³-hybridized carbons (Fsp3) is 0.136. The molecule has 9 nitrogen and oxygen atoms in total. The van der Waals surface area contributed by atoms with Crippen LogP contribution in [-0.4, -0.2) is 38.0 Å². The number of aliphatic hydroxyl groups is 1. The number of nitrogens with one attached hydrogen (secondary N) is 1. The zero-order chi connectivity index (χ0) is 22.3. The summed E-state index contributed by atoms with van der Waals surface area (Å²) in [6.07, 6.45) is 6.74. The van der Waals surface area contributed by atoms with Gasteiger partial charge in [-0.3, -0.25) is 14.4 Å². The fourth-order valence-electron chi connectivity index (χ4n) is 3.58. The molecule has 0 bridgehead atoms. The number of aromatic nitrogens is 1. The zero-order valence-electron chi connectivity index (χ0n) is 16.7. The quantitative estimate of drug-likeness (QED) is 0.517. The van der Waals surface area contributed by atoms with Crippen LogP contribution in [0.4, 0.5) is 0 Å². The molecule has 2 aromatic rings. The number of rotatable bonds is 3. The zero-order valence-corrected chi connectivity index (χ0v) is 16.7. The average molecular weight is 418 g/mol. The van der Waals surface area contributed by atoms with E-state index in [1.807, 2.05) is 0 Å². The highest BCUT2D eigenvalue weighted by Gasteiger charge is 2.31. The first-order valence-electron chi connectivity index (χ1n) is 9.38. The Labute approximate surface area is 176 Å². The number of hydrazone groups is 1. The molecule has 1 aliphatic carbocycles. The number of fused-ring (bicyclic) bond motifs is 2. The first kappa shape index (κ1) is 20.0. The number of benzene rings is 1. The number of allylic oxidation sites excluding steroid dienone is 4. The van der Waals surface area contributed by atoms with Crippen molar-refractivity contribution in [1.29, 1.82) is 0 Å².